The molecular formula is C27H33N7O2. The van der Waals surface area contributed by atoms with E-state index in [9.17, 15) is 4.79 Å². The Kier molecular flexibility index (Phi) is 9.33. The Labute approximate surface area is 212 Å². The highest BCUT2D eigenvalue weighted by Gasteiger charge is 2.14. The van der Waals surface area contributed by atoms with Crippen molar-refractivity contribution in [3.8, 4) is 23.2 Å². The molecule has 2 heterocycles. The van der Waals surface area contributed by atoms with Gasteiger partial charge in [-0.15, -0.1) is 0 Å². The molecule has 0 unspecified atom stereocenters. The van der Waals surface area contributed by atoms with Gasteiger partial charge in [-0.3, -0.25) is 4.79 Å². The van der Waals surface area contributed by atoms with Crippen LogP contribution in [0.3, 0.4) is 0 Å². The van der Waals surface area contributed by atoms with Crippen molar-refractivity contribution in [3.63, 3.8) is 0 Å². The maximum atomic E-state index is 11.1. The monoisotopic (exact) mass is 487 g/mol. The number of ether oxygens (including phenoxy) is 1. The number of hydrogen-bond acceptors (Lipinski definition) is 9. The molecule has 9 nitrogen and oxygen atoms in total. The highest BCUT2D eigenvalue weighted by atomic mass is 16.5. The maximum Gasteiger partial charge on any atom is 0.168 e. The standard InChI is InChI=1S/C20H17N5O2.C7H16N2/c1-12(9-21)10-23-19-16-7-14(4-3-13(16)5-6-17(19)27-2)20-24-15(11-26)8-18(22)25-20;1-8-7-3-5-9(2)6-4-7/h3-8,11,23H,1,10H2,2H3,(H2,22,24,25);7-8H,3-6H2,1-2H3. The number of anilines is 2. The molecule has 4 rings (SSSR count). The number of nitriles is 1. The summed E-state index contributed by atoms with van der Waals surface area (Å²) in [7, 11) is 5.81. The molecule has 0 radical (unpaired) electrons. The van der Waals surface area contributed by atoms with Gasteiger partial charge in [0, 0.05) is 35.2 Å². The number of nitrogens with one attached hydrogen (secondary N) is 2. The first-order chi connectivity index (χ1) is 17.4. The molecule has 9 heteroatoms. The van der Waals surface area contributed by atoms with Crippen LogP contribution in [0.2, 0.25) is 0 Å². The number of carbonyl (C=O) groups excluding carboxylic acids is 1. The Hall–Kier alpha value is -4.00. The highest BCUT2D eigenvalue weighted by Crippen LogP contribution is 2.35. The Morgan fingerprint density at radius 3 is 2.64 bits per heavy atom. The average molecular weight is 488 g/mol. The lowest BCUT2D eigenvalue weighted by Gasteiger charge is -2.28. The quantitative estimate of drug-likeness (QED) is 0.339. The molecule has 1 aromatic heterocycles. The third-order valence-corrected chi connectivity index (χ3v) is 6.11. The van der Waals surface area contributed by atoms with Crippen LogP contribution in [-0.2, 0) is 0 Å². The largest absolute Gasteiger partial charge is 0.495 e. The Balaban J connectivity index is 0.000000338. The van der Waals surface area contributed by atoms with Crippen molar-refractivity contribution in [1.82, 2.24) is 20.2 Å². The van der Waals surface area contributed by atoms with E-state index in [1.807, 2.05) is 36.4 Å². The van der Waals surface area contributed by atoms with Gasteiger partial charge in [0.1, 0.15) is 17.3 Å². The number of rotatable bonds is 7. The molecule has 36 heavy (non-hydrogen) atoms. The van der Waals surface area contributed by atoms with Gasteiger partial charge in [0.25, 0.3) is 0 Å². The number of nitrogen functional groups attached to an aromatic ring is 1. The van der Waals surface area contributed by atoms with E-state index in [0.29, 0.717) is 35.5 Å². The van der Waals surface area contributed by atoms with E-state index < -0.39 is 0 Å². The molecule has 0 atom stereocenters. The van der Waals surface area contributed by atoms with Crippen LogP contribution in [0.5, 0.6) is 5.75 Å². The normalized spacial score (nSPS) is 13.8. The summed E-state index contributed by atoms with van der Waals surface area (Å²) in [5, 5.41) is 17.3. The lowest BCUT2D eigenvalue weighted by Crippen LogP contribution is -2.39. The number of aromatic nitrogens is 2. The molecule has 1 fully saturated rings. The lowest BCUT2D eigenvalue weighted by molar-refractivity contribution is 0.111. The highest BCUT2D eigenvalue weighted by molar-refractivity contribution is 5.99. The molecular weight excluding hydrogens is 454 g/mol. The fourth-order valence-electron chi connectivity index (χ4n) is 4.00. The molecule has 0 saturated carbocycles. The van der Waals surface area contributed by atoms with Crippen molar-refractivity contribution in [2.45, 2.75) is 18.9 Å². The molecule has 3 aromatic rings. The van der Waals surface area contributed by atoms with E-state index in [0.717, 1.165) is 22.5 Å². The zero-order valence-electron chi connectivity index (χ0n) is 21.0. The average Bonchev–Trinajstić information content (AvgIpc) is 2.91. The summed E-state index contributed by atoms with van der Waals surface area (Å²) in [6, 6.07) is 13.6. The molecule has 0 bridgehead atoms. The summed E-state index contributed by atoms with van der Waals surface area (Å²) in [5.74, 6) is 1.21. The number of likely N-dealkylation sites (tertiary alicyclic amines) is 1. The van der Waals surface area contributed by atoms with Gasteiger partial charge >= 0.3 is 0 Å². The zero-order valence-corrected chi connectivity index (χ0v) is 21.0. The number of nitrogens with two attached hydrogens (primary N) is 1. The third kappa shape index (κ3) is 6.78. The van der Waals surface area contributed by atoms with E-state index in [1.54, 1.807) is 7.11 Å². The number of fused-ring (bicyclic) bond motifs is 1. The first-order valence-electron chi connectivity index (χ1n) is 11.8. The minimum atomic E-state index is 0.215. The molecule has 1 aliphatic rings. The van der Waals surface area contributed by atoms with E-state index >= 15 is 0 Å². The van der Waals surface area contributed by atoms with Crippen molar-refractivity contribution >= 4 is 28.6 Å². The minimum Gasteiger partial charge on any atom is -0.495 e. The van der Waals surface area contributed by atoms with Gasteiger partial charge in [-0.2, -0.15) is 5.26 Å². The molecule has 0 amide bonds. The second-order valence-corrected chi connectivity index (χ2v) is 8.67. The SMILES string of the molecule is C=C(C#N)CNc1c(OC)ccc2ccc(-c3nc(N)cc(C=O)n3)cc12.CNC1CCN(C)CC1. The van der Waals surface area contributed by atoms with Crippen LogP contribution in [0.15, 0.2) is 48.6 Å². The smallest absolute Gasteiger partial charge is 0.168 e. The van der Waals surface area contributed by atoms with Gasteiger partial charge in [-0.25, -0.2) is 9.97 Å². The number of aldehydes is 1. The van der Waals surface area contributed by atoms with Crippen molar-refractivity contribution in [2.75, 3.05) is 51.9 Å². The maximum absolute atomic E-state index is 11.1. The number of piperidine rings is 1. The molecule has 0 aliphatic carbocycles. The van der Waals surface area contributed by atoms with Crippen LogP contribution >= 0.6 is 0 Å². The van der Waals surface area contributed by atoms with Crippen LogP contribution in [0.4, 0.5) is 11.5 Å². The summed E-state index contributed by atoms with van der Waals surface area (Å²) >= 11 is 0. The molecule has 2 aromatic carbocycles. The van der Waals surface area contributed by atoms with Crippen LogP contribution in [-0.4, -0.2) is 68.0 Å². The fourth-order valence-corrected chi connectivity index (χ4v) is 4.00. The third-order valence-electron chi connectivity index (χ3n) is 6.11. The molecule has 4 N–H and O–H groups in total. The van der Waals surface area contributed by atoms with Gasteiger partial charge in [0.2, 0.25) is 0 Å². The first kappa shape index (κ1) is 26.6. The van der Waals surface area contributed by atoms with Crippen molar-refractivity contribution in [3.05, 3.63) is 54.2 Å². The molecule has 0 spiro atoms. The van der Waals surface area contributed by atoms with E-state index in [1.165, 1.54) is 32.0 Å². The van der Waals surface area contributed by atoms with Gasteiger partial charge < -0.3 is 26.0 Å². The summed E-state index contributed by atoms with van der Waals surface area (Å²) in [6.07, 6.45) is 3.26. The number of carbonyl (C=O) groups is 1. The Morgan fingerprint density at radius 1 is 1.28 bits per heavy atom. The predicted molar refractivity (Wildman–Crippen MR) is 144 cm³/mol. The van der Waals surface area contributed by atoms with Crippen LogP contribution in [0.1, 0.15) is 23.3 Å². The van der Waals surface area contributed by atoms with E-state index in [-0.39, 0.29) is 11.5 Å². The molecule has 188 valence electrons. The number of nitrogens with zero attached hydrogens (tertiary/aromatic N) is 4. The predicted octanol–water partition coefficient (Wildman–Crippen LogP) is 3.49. The minimum absolute atomic E-state index is 0.215. The lowest BCUT2D eigenvalue weighted by atomic mass is 10.0. The summed E-state index contributed by atoms with van der Waals surface area (Å²) in [5.41, 5.74) is 7.82. The van der Waals surface area contributed by atoms with Crippen molar-refractivity contribution in [1.29, 1.82) is 5.26 Å². The fraction of sp³-hybridized carbons (Fsp3) is 0.333. The van der Waals surface area contributed by atoms with Crippen molar-refractivity contribution in [2.24, 2.45) is 0 Å². The molecule has 1 aliphatic heterocycles. The number of benzene rings is 2. The van der Waals surface area contributed by atoms with Gasteiger partial charge in [0.15, 0.2) is 12.1 Å². The van der Waals surface area contributed by atoms with Crippen LogP contribution in [0.25, 0.3) is 22.2 Å². The van der Waals surface area contributed by atoms with Gasteiger partial charge in [-0.05, 0) is 57.5 Å². The van der Waals surface area contributed by atoms with Gasteiger partial charge in [-0.1, -0.05) is 24.8 Å². The topological polar surface area (TPSA) is 129 Å². The van der Waals surface area contributed by atoms with Crippen molar-refractivity contribution < 1.29 is 9.53 Å². The van der Waals surface area contributed by atoms with E-state index in [2.05, 4.69) is 46.2 Å². The number of methoxy groups -OCH3 is 1. The van der Waals surface area contributed by atoms with Crippen LogP contribution in [0, 0.1) is 11.3 Å². The Morgan fingerprint density at radius 2 is 2.00 bits per heavy atom. The van der Waals surface area contributed by atoms with Crippen LogP contribution < -0.4 is 21.1 Å². The van der Waals surface area contributed by atoms with E-state index in [4.69, 9.17) is 15.7 Å². The number of hydrogen-bond donors (Lipinski definition) is 3. The summed E-state index contributed by atoms with van der Waals surface area (Å²) in [4.78, 5) is 21.9. The first-order valence-corrected chi connectivity index (χ1v) is 11.8. The molecule has 1 saturated heterocycles. The zero-order chi connectivity index (χ0) is 26.1. The second kappa shape index (κ2) is 12.6. The summed E-state index contributed by atoms with van der Waals surface area (Å²) < 4.78 is 5.45. The summed E-state index contributed by atoms with van der Waals surface area (Å²) in [6.45, 7) is 6.49. The Bertz CT molecular complexity index is 1260. The van der Waals surface area contributed by atoms with Gasteiger partial charge in [0.05, 0.1) is 18.9 Å². The second-order valence-electron chi connectivity index (χ2n) is 8.67.